The first-order valence-corrected chi connectivity index (χ1v) is 7.45. The lowest BCUT2D eigenvalue weighted by molar-refractivity contribution is -0.125. The molecule has 0 radical (unpaired) electrons. The van der Waals surface area contributed by atoms with Crippen molar-refractivity contribution in [2.75, 3.05) is 18.8 Å². The number of thioether (sulfide) groups is 1. The maximum atomic E-state index is 12.0. The van der Waals surface area contributed by atoms with Crippen LogP contribution in [0.4, 0.5) is 0 Å². The molecule has 0 aromatic heterocycles. The van der Waals surface area contributed by atoms with Crippen LogP contribution in [0, 0.1) is 11.8 Å². The van der Waals surface area contributed by atoms with Gasteiger partial charge in [-0.05, 0) is 43.9 Å². The number of nitrogens with two attached hydrogens (primary N) is 1. The molecular weight excluding hydrogens is 220 g/mol. The van der Waals surface area contributed by atoms with Crippen molar-refractivity contribution in [2.45, 2.75) is 37.4 Å². The van der Waals surface area contributed by atoms with Gasteiger partial charge in [0.25, 0.3) is 0 Å². The molecule has 0 spiro atoms. The van der Waals surface area contributed by atoms with E-state index in [4.69, 9.17) is 5.73 Å². The molecule has 1 saturated heterocycles. The highest BCUT2D eigenvalue weighted by molar-refractivity contribution is 8.00. The van der Waals surface area contributed by atoms with Gasteiger partial charge in [0.2, 0.25) is 5.91 Å². The van der Waals surface area contributed by atoms with Crippen LogP contribution < -0.4 is 11.1 Å². The maximum absolute atomic E-state index is 12.0. The van der Waals surface area contributed by atoms with Crippen LogP contribution in [0.1, 0.15) is 32.1 Å². The molecule has 1 aliphatic heterocycles. The highest BCUT2D eigenvalue weighted by atomic mass is 32.2. The van der Waals surface area contributed by atoms with E-state index in [0.717, 1.165) is 25.8 Å². The van der Waals surface area contributed by atoms with E-state index in [2.05, 4.69) is 5.32 Å². The van der Waals surface area contributed by atoms with Gasteiger partial charge in [-0.25, -0.2) is 0 Å². The summed E-state index contributed by atoms with van der Waals surface area (Å²) in [5, 5.41) is 3.77. The Morgan fingerprint density at radius 3 is 2.88 bits per heavy atom. The summed E-state index contributed by atoms with van der Waals surface area (Å²) in [4.78, 5) is 12.0. The lowest BCUT2D eigenvalue weighted by Crippen LogP contribution is -2.37. The molecule has 1 amide bonds. The van der Waals surface area contributed by atoms with Crippen molar-refractivity contribution in [1.29, 1.82) is 0 Å². The lowest BCUT2D eigenvalue weighted by Gasteiger charge is -2.18. The molecule has 3 unspecified atom stereocenters. The summed E-state index contributed by atoms with van der Waals surface area (Å²) >= 11 is 1.99. The van der Waals surface area contributed by atoms with Gasteiger partial charge in [0, 0.05) is 17.7 Å². The molecule has 0 aromatic rings. The molecule has 16 heavy (non-hydrogen) atoms. The van der Waals surface area contributed by atoms with E-state index in [9.17, 15) is 4.79 Å². The monoisotopic (exact) mass is 242 g/mol. The van der Waals surface area contributed by atoms with Crippen molar-refractivity contribution in [3.05, 3.63) is 0 Å². The smallest absolute Gasteiger partial charge is 0.223 e. The standard InChI is InChI=1S/C12H22N2OS/c13-7-9-3-1-5-11(9)12(15)14-8-10-4-2-6-16-10/h9-11H,1-8,13H2,(H,14,15). The zero-order valence-corrected chi connectivity index (χ0v) is 10.6. The van der Waals surface area contributed by atoms with Crippen LogP contribution in [-0.4, -0.2) is 30.0 Å². The Morgan fingerprint density at radius 2 is 2.19 bits per heavy atom. The molecule has 92 valence electrons. The Balaban J connectivity index is 1.74. The summed E-state index contributed by atoms with van der Waals surface area (Å²) < 4.78 is 0. The molecule has 2 fully saturated rings. The molecule has 4 heteroatoms. The predicted molar refractivity (Wildman–Crippen MR) is 68.4 cm³/mol. The van der Waals surface area contributed by atoms with Crippen molar-refractivity contribution in [2.24, 2.45) is 17.6 Å². The quantitative estimate of drug-likeness (QED) is 0.783. The first kappa shape index (κ1) is 12.2. The summed E-state index contributed by atoms with van der Waals surface area (Å²) in [6.07, 6.45) is 5.90. The molecule has 3 atom stereocenters. The maximum Gasteiger partial charge on any atom is 0.223 e. The molecule has 1 heterocycles. The molecular formula is C12H22N2OS. The third-order valence-corrected chi connectivity index (χ3v) is 5.22. The molecule has 2 aliphatic rings. The number of hydrogen-bond donors (Lipinski definition) is 2. The van der Waals surface area contributed by atoms with Crippen LogP contribution in [0.3, 0.4) is 0 Å². The molecule has 1 aliphatic carbocycles. The summed E-state index contributed by atoms with van der Waals surface area (Å²) in [5.41, 5.74) is 5.70. The Morgan fingerprint density at radius 1 is 1.31 bits per heavy atom. The van der Waals surface area contributed by atoms with Crippen LogP contribution in [0.5, 0.6) is 0 Å². The fourth-order valence-corrected chi connectivity index (χ4v) is 4.02. The third-order valence-electron chi connectivity index (χ3n) is 3.83. The highest BCUT2D eigenvalue weighted by Crippen LogP contribution is 2.31. The van der Waals surface area contributed by atoms with Gasteiger partial charge in [-0.2, -0.15) is 11.8 Å². The average Bonchev–Trinajstić information content (AvgIpc) is 2.96. The van der Waals surface area contributed by atoms with Gasteiger partial charge in [-0.15, -0.1) is 0 Å². The normalized spacial score (nSPS) is 34.2. The fourth-order valence-electron chi connectivity index (χ4n) is 2.81. The predicted octanol–water partition coefficient (Wildman–Crippen LogP) is 1.37. The minimum atomic E-state index is 0.191. The Labute approximate surface area is 102 Å². The molecule has 0 bridgehead atoms. The highest BCUT2D eigenvalue weighted by Gasteiger charge is 2.32. The van der Waals surface area contributed by atoms with E-state index < -0.39 is 0 Å². The number of carbonyl (C=O) groups is 1. The molecule has 3 N–H and O–H groups in total. The molecule has 1 saturated carbocycles. The third kappa shape index (κ3) is 2.92. The van der Waals surface area contributed by atoms with E-state index in [0.29, 0.717) is 17.7 Å². The minimum Gasteiger partial charge on any atom is -0.355 e. The molecule has 3 nitrogen and oxygen atoms in total. The van der Waals surface area contributed by atoms with E-state index in [1.54, 1.807) is 0 Å². The van der Waals surface area contributed by atoms with Crippen molar-refractivity contribution in [1.82, 2.24) is 5.32 Å². The second-order valence-electron chi connectivity index (χ2n) is 4.91. The van der Waals surface area contributed by atoms with Crippen LogP contribution in [0.15, 0.2) is 0 Å². The zero-order valence-electron chi connectivity index (χ0n) is 9.78. The second kappa shape index (κ2) is 5.92. The van der Waals surface area contributed by atoms with E-state index in [1.165, 1.54) is 18.6 Å². The summed E-state index contributed by atoms with van der Waals surface area (Å²) in [5.74, 6) is 2.13. The van der Waals surface area contributed by atoms with Gasteiger partial charge < -0.3 is 11.1 Å². The van der Waals surface area contributed by atoms with E-state index >= 15 is 0 Å². The molecule has 2 rings (SSSR count). The number of nitrogens with one attached hydrogen (secondary N) is 1. The van der Waals surface area contributed by atoms with E-state index in [1.807, 2.05) is 11.8 Å². The first-order chi connectivity index (χ1) is 7.81. The molecule has 0 aromatic carbocycles. The van der Waals surface area contributed by atoms with Crippen LogP contribution in [-0.2, 0) is 4.79 Å². The van der Waals surface area contributed by atoms with Gasteiger partial charge in [-0.1, -0.05) is 6.42 Å². The summed E-state index contributed by atoms with van der Waals surface area (Å²) in [7, 11) is 0. The summed E-state index contributed by atoms with van der Waals surface area (Å²) in [6, 6.07) is 0. The van der Waals surface area contributed by atoms with Crippen molar-refractivity contribution >= 4 is 17.7 Å². The first-order valence-electron chi connectivity index (χ1n) is 6.40. The second-order valence-corrected chi connectivity index (χ2v) is 6.32. The topological polar surface area (TPSA) is 55.1 Å². The number of hydrogen-bond acceptors (Lipinski definition) is 3. The van der Waals surface area contributed by atoms with Gasteiger partial charge >= 0.3 is 0 Å². The van der Waals surface area contributed by atoms with Crippen molar-refractivity contribution < 1.29 is 4.79 Å². The number of rotatable bonds is 4. The largest absolute Gasteiger partial charge is 0.355 e. The Kier molecular flexibility index (Phi) is 4.53. The van der Waals surface area contributed by atoms with Crippen molar-refractivity contribution in [3.63, 3.8) is 0 Å². The summed E-state index contributed by atoms with van der Waals surface area (Å²) in [6.45, 7) is 1.52. The SMILES string of the molecule is NCC1CCCC1C(=O)NCC1CCCS1. The lowest BCUT2D eigenvalue weighted by atomic mass is 9.95. The van der Waals surface area contributed by atoms with Crippen LogP contribution in [0.25, 0.3) is 0 Å². The fraction of sp³-hybridized carbons (Fsp3) is 0.917. The van der Waals surface area contributed by atoms with Gasteiger partial charge in [0.1, 0.15) is 0 Å². The number of amides is 1. The minimum absolute atomic E-state index is 0.191. The van der Waals surface area contributed by atoms with Crippen LogP contribution in [0.2, 0.25) is 0 Å². The van der Waals surface area contributed by atoms with Gasteiger partial charge in [0.05, 0.1) is 0 Å². The van der Waals surface area contributed by atoms with Crippen molar-refractivity contribution in [3.8, 4) is 0 Å². The van der Waals surface area contributed by atoms with Gasteiger partial charge in [-0.3, -0.25) is 4.79 Å². The van der Waals surface area contributed by atoms with Gasteiger partial charge in [0.15, 0.2) is 0 Å². The van der Waals surface area contributed by atoms with Crippen LogP contribution >= 0.6 is 11.8 Å². The Bertz CT molecular complexity index is 241. The Hall–Kier alpha value is -0.220. The van der Waals surface area contributed by atoms with E-state index in [-0.39, 0.29) is 11.8 Å². The average molecular weight is 242 g/mol. The number of carbonyl (C=O) groups excluding carboxylic acids is 1. The zero-order chi connectivity index (χ0) is 11.4.